The van der Waals surface area contributed by atoms with E-state index in [2.05, 4.69) is 0 Å². The Balaban J connectivity index is 0.00000370. The largest absolute Gasteiger partial charge is 1.00 e. The number of allylic oxidation sites excluding steroid dienone is 4. The Bertz CT molecular complexity index is 1420. The molecule has 0 bridgehead atoms. The maximum atomic E-state index is 16.9. The molecular formula is C28H30FNaO9S. The van der Waals surface area contributed by atoms with Crippen molar-refractivity contribution in [2.45, 2.75) is 61.8 Å². The van der Waals surface area contributed by atoms with Gasteiger partial charge in [-0.3, -0.25) is 9.59 Å². The fourth-order valence-electron chi connectivity index (χ4n) is 7.86. The molecule has 0 saturated heterocycles. The van der Waals surface area contributed by atoms with Crippen LogP contribution in [-0.4, -0.2) is 64.7 Å². The summed E-state index contributed by atoms with van der Waals surface area (Å²) in [5, 5.41) is 23.1. The number of ketones is 2. The van der Waals surface area contributed by atoms with Crippen molar-refractivity contribution < 1.29 is 76.3 Å². The molecule has 3 fully saturated rings. The maximum absolute atomic E-state index is 16.9. The molecule has 0 radical (unpaired) electrons. The maximum Gasteiger partial charge on any atom is 1.00 e. The number of rotatable bonds is 5. The van der Waals surface area contributed by atoms with Gasteiger partial charge in [0.05, 0.1) is 16.6 Å². The molecule has 1 aromatic rings. The van der Waals surface area contributed by atoms with Crippen molar-refractivity contribution >= 4 is 27.7 Å². The molecule has 9 nitrogen and oxygen atoms in total. The molecule has 2 N–H and O–H groups in total. The molecule has 0 spiro atoms. The fraction of sp³-hybridized carbons (Fsp3) is 0.536. The molecule has 4 aliphatic carbocycles. The average molecular weight is 585 g/mol. The minimum Gasteiger partial charge on any atom is -0.744 e. The van der Waals surface area contributed by atoms with Crippen molar-refractivity contribution in [2.24, 2.45) is 29.1 Å². The molecule has 4 aliphatic rings. The normalized spacial score (nSPS) is 38.3. The molecule has 0 heterocycles. The smallest absolute Gasteiger partial charge is 0.744 e. The summed E-state index contributed by atoms with van der Waals surface area (Å²) in [7, 11) is -4.82. The van der Waals surface area contributed by atoms with Gasteiger partial charge in [0, 0.05) is 17.3 Å². The first kappa shape index (κ1) is 31.2. The summed E-state index contributed by atoms with van der Waals surface area (Å²) in [4.78, 5) is 37.3. The summed E-state index contributed by atoms with van der Waals surface area (Å²) in [6, 6.07) is 4.29. The number of esters is 1. The van der Waals surface area contributed by atoms with Gasteiger partial charge in [-0.25, -0.2) is 17.6 Å². The molecule has 12 heteroatoms. The molecule has 0 amide bonds. The molecular weight excluding hydrogens is 554 g/mol. The second kappa shape index (κ2) is 10.5. The number of Topliss-reactive ketones (excluding diaryl/α,β-unsaturated/α-hetero) is 1. The number of halogens is 1. The zero-order chi connectivity index (χ0) is 28.5. The minimum atomic E-state index is -4.82. The summed E-state index contributed by atoms with van der Waals surface area (Å²) in [6.45, 7) is 2.50. The Morgan fingerprint density at radius 1 is 1.25 bits per heavy atom. The van der Waals surface area contributed by atoms with Crippen molar-refractivity contribution in [3.05, 3.63) is 53.6 Å². The van der Waals surface area contributed by atoms with Crippen LogP contribution in [0.25, 0.3) is 0 Å². The van der Waals surface area contributed by atoms with Gasteiger partial charge in [0.1, 0.15) is 21.4 Å². The van der Waals surface area contributed by atoms with Gasteiger partial charge in [-0.2, -0.15) is 0 Å². The van der Waals surface area contributed by atoms with Gasteiger partial charge in [0.2, 0.25) is 5.78 Å². The summed E-state index contributed by atoms with van der Waals surface area (Å²) in [5.74, 6) is -4.61. The number of fused-ring (bicyclic) bond motifs is 5. The molecule has 1 aromatic carbocycles. The summed E-state index contributed by atoms with van der Waals surface area (Å²) in [6.07, 6.45) is 3.66. The van der Waals surface area contributed by atoms with Crippen molar-refractivity contribution in [3.63, 3.8) is 0 Å². The molecule has 8 atom stereocenters. The fourth-order valence-corrected chi connectivity index (χ4v) is 8.38. The Hall–Kier alpha value is -1.73. The number of hydrogen-bond acceptors (Lipinski definition) is 9. The molecule has 210 valence electrons. The molecule has 3 saturated carbocycles. The SMILES string of the molecule is C[C@@H]1C[C@H]2[C@@H]3CCC4=CC(=O)C=C[C@@H]4[C@@]3(F)[C@@H](O)C[C@]2(C)[C@@]1(O)C(=O)COC(=O)c1cccc(S(=O)(=O)[O-])c1.[Na+]. The predicted molar refractivity (Wildman–Crippen MR) is 133 cm³/mol. The van der Waals surface area contributed by atoms with Crippen molar-refractivity contribution in [2.75, 3.05) is 6.61 Å². The summed E-state index contributed by atoms with van der Waals surface area (Å²) >= 11 is 0. The number of alkyl halides is 1. The van der Waals surface area contributed by atoms with Crippen LogP contribution in [0.4, 0.5) is 4.39 Å². The van der Waals surface area contributed by atoms with E-state index in [4.69, 9.17) is 4.74 Å². The third-order valence-electron chi connectivity index (χ3n) is 9.71. The minimum absolute atomic E-state index is 0. The number of benzene rings is 1. The number of carbonyl (C=O) groups excluding carboxylic acids is 3. The van der Waals surface area contributed by atoms with E-state index in [-0.39, 0.29) is 47.3 Å². The molecule has 0 aliphatic heterocycles. The van der Waals surface area contributed by atoms with Crippen LogP contribution in [0.1, 0.15) is 49.9 Å². The van der Waals surface area contributed by atoms with Crippen LogP contribution < -0.4 is 29.6 Å². The van der Waals surface area contributed by atoms with Gasteiger partial charge < -0.3 is 19.5 Å². The van der Waals surface area contributed by atoms with Crippen LogP contribution in [0.2, 0.25) is 0 Å². The van der Waals surface area contributed by atoms with Gasteiger partial charge in [0.25, 0.3) is 0 Å². The second-order valence-corrected chi connectivity index (χ2v) is 12.9. The van der Waals surface area contributed by atoms with E-state index in [1.807, 2.05) is 0 Å². The topological polar surface area (TPSA) is 158 Å². The van der Waals surface area contributed by atoms with Crippen LogP contribution in [0.3, 0.4) is 0 Å². The van der Waals surface area contributed by atoms with Crippen LogP contribution in [0.5, 0.6) is 0 Å². The van der Waals surface area contributed by atoms with Gasteiger partial charge in [-0.05, 0) is 67.9 Å². The van der Waals surface area contributed by atoms with E-state index < -0.39 is 79.8 Å². The van der Waals surface area contributed by atoms with Crippen LogP contribution in [0, 0.1) is 29.1 Å². The Morgan fingerprint density at radius 3 is 2.62 bits per heavy atom. The van der Waals surface area contributed by atoms with Crippen LogP contribution in [-0.2, 0) is 24.4 Å². The first-order valence-electron chi connectivity index (χ1n) is 12.9. The first-order valence-corrected chi connectivity index (χ1v) is 14.3. The third-order valence-corrected chi connectivity index (χ3v) is 10.5. The van der Waals surface area contributed by atoms with Crippen LogP contribution in [0.15, 0.2) is 53.0 Å². The van der Waals surface area contributed by atoms with E-state index in [0.29, 0.717) is 24.8 Å². The standard InChI is InChI=1S/C28H31FO9S.Na/c1-15-10-22-21-8-6-16-11-18(30)7-9-20(16)27(21,29)23(31)13-26(22,2)28(15,34)24(32)14-38-25(33)17-4-3-5-19(12-17)39(35,36)37;/h3-5,7,9,11-12,15,20-23,31,34H,6,8,10,13-14H2,1-2H3,(H,35,36,37);/q;+1/p-1/t15-,20+,21+,22+,23+,26+,27+,28+;/m1./s1. The number of carbonyl (C=O) groups is 3. The van der Waals surface area contributed by atoms with Crippen LogP contribution >= 0.6 is 0 Å². The third kappa shape index (κ3) is 4.58. The van der Waals surface area contributed by atoms with Gasteiger partial charge in [0.15, 0.2) is 12.4 Å². The van der Waals surface area contributed by atoms with E-state index in [9.17, 15) is 37.6 Å². The number of ether oxygens (including phenoxy) is 1. The Labute approximate surface area is 253 Å². The van der Waals surface area contributed by atoms with E-state index in [1.165, 1.54) is 30.4 Å². The van der Waals surface area contributed by atoms with Gasteiger partial charge in [-0.1, -0.05) is 31.6 Å². The monoisotopic (exact) mass is 584 g/mol. The zero-order valence-corrected chi connectivity index (χ0v) is 25.3. The Kier molecular flexibility index (Phi) is 8.21. The van der Waals surface area contributed by atoms with E-state index in [0.717, 1.165) is 12.1 Å². The second-order valence-electron chi connectivity index (χ2n) is 11.6. The van der Waals surface area contributed by atoms with E-state index >= 15 is 4.39 Å². The number of aliphatic hydroxyl groups excluding tert-OH is 1. The van der Waals surface area contributed by atoms with E-state index in [1.54, 1.807) is 13.8 Å². The van der Waals surface area contributed by atoms with Gasteiger partial charge in [-0.15, -0.1) is 0 Å². The van der Waals surface area contributed by atoms with Crippen molar-refractivity contribution in [3.8, 4) is 0 Å². The predicted octanol–water partition coefficient (Wildman–Crippen LogP) is -0.722. The van der Waals surface area contributed by atoms with Crippen molar-refractivity contribution in [1.82, 2.24) is 0 Å². The number of aliphatic hydroxyl groups is 2. The van der Waals surface area contributed by atoms with Gasteiger partial charge >= 0.3 is 35.5 Å². The number of hydrogen-bond donors (Lipinski definition) is 2. The zero-order valence-electron chi connectivity index (χ0n) is 22.5. The molecule has 0 aromatic heterocycles. The average Bonchev–Trinajstić information content (AvgIpc) is 3.08. The summed E-state index contributed by atoms with van der Waals surface area (Å²) < 4.78 is 55.8. The quantitative estimate of drug-likeness (QED) is 0.259. The Morgan fingerprint density at radius 2 is 1.95 bits per heavy atom. The molecule has 40 heavy (non-hydrogen) atoms. The molecule has 0 unspecified atom stereocenters. The summed E-state index contributed by atoms with van der Waals surface area (Å²) in [5.41, 5.74) is -4.92. The first-order chi connectivity index (χ1) is 18.1. The molecule has 5 rings (SSSR count). The van der Waals surface area contributed by atoms with Crippen molar-refractivity contribution in [1.29, 1.82) is 0 Å².